The van der Waals surface area contributed by atoms with Gasteiger partial charge in [-0.3, -0.25) is 4.79 Å². The highest BCUT2D eigenvalue weighted by atomic mass is 16.2. The number of carbonyl (C=O) groups is 1. The predicted octanol–water partition coefficient (Wildman–Crippen LogP) is 3.30. The molecule has 128 valence electrons. The van der Waals surface area contributed by atoms with Crippen LogP contribution in [0.5, 0.6) is 0 Å². The van der Waals surface area contributed by atoms with Crippen LogP contribution in [0.4, 0.5) is 5.69 Å². The van der Waals surface area contributed by atoms with Crippen molar-refractivity contribution in [2.75, 3.05) is 25.0 Å². The highest BCUT2D eigenvalue weighted by molar-refractivity contribution is 5.97. The van der Waals surface area contributed by atoms with Crippen molar-refractivity contribution >= 4 is 22.6 Å². The Bertz CT molecular complexity index is 866. The first-order valence-electron chi connectivity index (χ1n) is 8.72. The van der Waals surface area contributed by atoms with Crippen molar-refractivity contribution in [2.45, 2.75) is 18.9 Å². The molecule has 1 amide bonds. The summed E-state index contributed by atoms with van der Waals surface area (Å²) in [6.07, 6.45) is 3.64. The van der Waals surface area contributed by atoms with Gasteiger partial charge in [0.15, 0.2) is 0 Å². The van der Waals surface area contributed by atoms with Gasteiger partial charge in [-0.25, -0.2) is 4.98 Å². The van der Waals surface area contributed by atoms with Crippen LogP contribution in [-0.4, -0.2) is 47.0 Å². The molecule has 1 fully saturated rings. The molecule has 0 radical (unpaired) electrons. The Hall–Kier alpha value is -2.82. The van der Waals surface area contributed by atoms with Gasteiger partial charge in [0.1, 0.15) is 0 Å². The average Bonchev–Trinajstić information content (AvgIpc) is 3.15. The third-order valence-corrected chi connectivity index (χ3v) is 5.13. The molecule has 2 heterocycles. The summed E-state index contributed by atoms with van der Waals surface area (Å²) in [5.41, 5.74) is 3.76. The topological polar surface area (TPSA) is 52.2 Å². The summed E-state index contributed by atoms with van der Waals surface area (Å²) in [7, 11) is 2.14. The Morgan fingerprint density at radius 3 is 2.68 bits per heavy atom. The molecule has 0 atom stereocenters. The molecule has 0 saturated carbocycles. The van der Waals surface area contributed by atoms with Crippen LogP contribution in [0.15, 0.2) is 54.9 Å². The highest BCUT2D eigenvalue weighted by Gasteiger charge is 2.26. The molecule has 3 aromatic rings. The molecule has 0 unspecified atom stereocenters. The van der Waals surface area contributed by atoms with Gasteiger partial charge in [-0.15, -0.1) is 0 Å². The number of carbonyl (C=O) groups excluding carboxylic acids is 1. The molecule has 2 aromatic carbocycles. The number of aromatic nitrogens is 2. The van der Waals surface area contributed by atoms with Crippen molar-refractivity contribution in [3.05, 3.63) is 60.4 Å². The Balaban J connectivity index is 1.42. The molecule has 1 aliphatic heterocycles. The lowest BCUT2D eigenvalue weighted by molar-refractivity contribution is 0.0713. The van der Waals surface area contributed by atoms with Crippen molar-refractivity contribution in [2.24, 2.45) is 0 Å². The summed E-state index contributed by atoms with van der Waals surface area (Å²) in [6.45, 7) is 1.59. The van der Waals surface area contributed by atoms with Gasteiger partial charge < -0.3 is 14.8 Å². The molecule has 5 nitrogen and oxygen atoms in total. The zero-order valence-corrected chi connectivity index (χ0v) is 14.4. The lowest BCUT2D eigenvalue weighted by atomic mass is 10.0. The molecule has 0 spiro atoms. The van der Waals surface area contributed by atoms with Crippen molar-refractivity contribution in [1.29, 1.82) is 0 Å². The van der Waals surface area contributed by atoms with Gasteiger partial charge in [0, 0.05) is 37.4 Å². The van der Waals surface area contributed by atoms with E-state index in [1.165, 1.54) is 5.69 Å². The van der Waals surface area contributed by atoms with Gasteiger partial charge in [0.05, 0.1) is 17.4 Å². The summed E-state index contributed by atoms with van der Waals surface area (Å²) in [5, 5.41) is 0. The smallest absolute Gasteiger partial charge is 0.253 e. The molecule has 5 heteroatoms. The van der Waals surface area contributed by atoms with Gasteiger partial charge in [-0.05, 0) is 43.2 Å². The van der Waals surface area contributed by atoms with E-state index in [1.54, 1.807) is 6.33 Å². The number of aromatic amines is 1. The van der Waals surface area contributed by atoms with E-state index in [-0.39, 0.29) is 5.91 Å². The summed E-state index contributed by atoms with van der Waals surface area (Å²) in [6, 6.07) is 16.6. The van der Waals surface area contributed by atoms with Crippen molar-refractivity contribution in [1.82, 2.24) is 14.9 Å². The fraction of sp³-hybridized carbons (Fsp3) is 0.300. The molecule has 1 N–H and O–H groups in total. The fourth-order valence-corrected chi connectivity index (χ4v) is 3.58. The van der Waals surface area contributed by atoms with Crippen LogP contribution in [0.1, 0.15) is 23.2 Å². The zero-order valence-electron chi connectivity index (χ0n) is 14.4. The van der Waals surface area contributed by atoms with Crippen LogP contribution in [0, 0.1) is 0 Å². The van der Waals surface area contributed by atoms with Crippen LogP contribution < -0.4 is 4.90 Å². The first-order chi connectivity index (χ1) is 12.2. The molecular formula is C20H22N4O. The molecule has 0 bridgehead atoms. The van der Waals surface area contributed by atoms with E-state index in [9.17, 15) is 4.79 Å². The number of H-pyrrole nitrogens is 1. The highest BCUT2D eigenvalue weighted by Crippen LogP contribution is 2.23. The van der Waals surface area contributed by atoms with Crippen molar-refractivity contribution < 1.29 is 4.79 Å². The van der Waals surface area contributed by atoms with Crippen molar-refractivity contribution in [3.8, 4) is 0 Å². The number of nitrogens with zero attached hydrogens (tertiary/aromatic N) is 3. The van der Waals surface area contributed by atoms with Gasteiger partial charge in [0.2, 0.25) is 0 Å². The lowest BCUT2D eigenvalue weighted by Crippen LogP contribution is -2.45. The SMILES string of the molecule is CN(c1ccccc1)C1CCN(C(=O)c2ccc3nc[nH]c3c2)CC1. The number of piperidine rings is 1. The second-order valence-electron chi connectivity index (χ2n) is 6.60. The van der Waals surface area contributed by atoms with E-state index in [4.69, 9.17) is 0 Å². The lowest BCUT2D eigenvalue weighted by Gasteiger charge is -2.38. The van der Waals surface area contributed by atoms with E-state index in [0.29, 0.717) is 6.04 Å². The number of para-hydroxylation sites is 1. The minimum atomic E-state index is 0.109. The Morgan fingerprint density at radius 1 is 1.16 bits per heavy atom. The number of anilines is 1. The summed E-state index contributed by atoms with van der Waals surface area (Å²) in [5.74, 6) is 0.109. The summed E-state index contributed by atoms with van der Waals surface area (Å²) in [4.78, 5) is 24.4. The van der Waals surface area contributed by atoms with Crippen LogP contribution >= 0.6 is 0 Å². The van der Waals surface area contributed by atoms with Gasteiger partial charge in [0.25, 0.3) is 5.91 Å². The standard InChI is InChI=1S/C20H22N4O/c1-23(16-5-3-2-4-6-16)17-9-11-24(12-10-17)20(25)15-7-8-18-19(13-15)22-14-21-18/h2-8,13-14,17H,9-12H2,1H3,(H,21,22). The second-order valence-corrected chi connectivity index (χ2v) is 6.60. The molecule has 1 aliphatic rings. The van der Waals surface area contributed by atoms with Crippen LogP contribution in [0.2, 0.25) is 0 Å². The van der Waals surface area contributed by atoms with E-state index < -0.39 is 0 Å². The summed E-state index contributed by atoms with van der Waals surface area (Å²) < 4.78 is 0. The van der Waals surface area contributed by atoms with Gasteiger partial charge >= 0.3 is 0 Å². The normalized spacial score (nSPS) is 15.5. The molecule has 25 heavy (non-hydrogen) atoms. The van der Waals surface area contributed by atoms with Gasteiger partial charge in [-0.2, -0.15) is 0 Å². The zero-order chi connectivity index (χ0) is 17.2. The number of amides is 1. The minimum Gasteiger partial charge on any atom is -0.371 e. The third-order valence-electron chi connectivity index (χ3n) is 5.13. The Labute approximate surface area is 147 Å². The van der Waals surface area contributed by atoms with Crippen LogP contribution in [-0.2, 0) is 0 Å². The van der Waals surface area contributed by atoms with Crippen LogP contribution in [0.3, 0.4) is 0 Å². The number of hydrogen-bond donors (Lipinski definition) is 1. The molecule has 1 aromatic heterocycles. The maximum Gasteiger partial charge on any atom is 0.253 e. The predicted molar refractivity (Wildman–Crippen MR) is 99.9 cm³/mol. The number of hydrogen-bond acceptors (Lipinski definition) is 3. The number of nitrogens with one attached hydrogen (secondary N) is 1. The van der Waals surface area contributed by atoms with E-state index in [1.807, 2.05) is 29.2 Å². The Kier molecular flexibility index (Phi) is 4.14. The quantitative estimate of drug-likeness (QED) is 0.799. The van der Waals surface area contributed by atoms with E-state index in [0.717, 1.165) is 42.5 Å². The minimum absolute atomic E-state index is 0.109. The van der Waals surface area contributed by atoms with Crippen LogP contribution in [0.25, 0.3) is 11.0 Å². The largest absolute Gasteiger partial charge is 0.371 e. The second kappa shape index (κ2) is 6.59. The molecule has 1 saturated heterocycles. The third kappa shape index (κ3) is 3.09. The maximum atomic E-state index is 12.8. The molecule has 4 rings (SSSR count). The first kappa shape index (κ1) is 15.7. The van der Waals surface area contributed by atoms with E-state index in [2.05, 4.69) is 46.2 Å². The molecular weight excluding hydrogens is 312 g/mol. The Morgan fingerprint density at radius 2 is 1.92 bits per heavy atom. The van der Waals surface area contributed by atoms with E-state index >= 15 is 0 Å². The number of likely N-dealkylation sites (tertiary alicyclic amines) is 1. The fourth-order valence-electron chi connectivity index (χ4n) is 3.58. The van der Waals surface area contributed by atoms with Gasteiger partial charge in [-0.1, -0.05) is 18.2 Å². The van der Waals surface area contributed by atoms with Crippen molar-refractivity contribution in [3.63, 3.8) is 0 Å². The monoisotopic (exact) mass is 334 g/mol. The number of imidazole rings is 1. The average molecular weight is 334 g/mol. The number of benzene rings is 2. The molecule has 0 aliphatic carbocycles. The number of fused-ring (bicyclic) bond motifs is 1. The summed E-state index contributed by atoms with van der Waals surface area (Å²) >= 11 is 0. The number of rotatable bonds is 3. The maximum absolute atomic E-state index is 12.8. The first-order valence-corrected chi connectivity index (χ1v) is 8.72.